The summed E-state index contributed by atoms with van der Waals surface area (Å²) >= 11 is 0. The maximum Gasteiger partial charge on any atom is 0.236 e. The van der Waals surface area contributed by atoms with Gasteiger partial charge in [-0.1, -0.05) is 30.3 Å². The van der Waals surface area contributed by atoms with Gasteiger partial charge in [-0.05, 0) is 18.4 Å². The van der Waals surface area contributed by atoms with Gasteiger partial charge in [-0.25, -0.2) is 0 Å². The molecule has 1 aliphatic heterocycles. The molecule has 118 valence electrons. The number of benzene rings is 1. The average Bonchev–Trinajstić information content (AvgIpc) is 3.09. The summed E-state index contributed by atoms with van der Waals surface area (Å²) in [6, 6.07) is 11.1. The molecule has 6 heteroatoms. The Balaban J connectivity index is 0.00000110. The van der Waals surface area contributed by atoms with Crippen molar-refractivity contribution in [1.29, 1.82) is 0 Å². The highest BCUT2D eigenvalue weighted by Gasteiger charge is 2.38. The van der Waals surface area contributed by atoms with E-state index in [9.17, 15) is 4.79 Å². The Bertz CT molecular complexity index is 457. The molecule has 2 aliphatic rings. The summed E-state index contributed by atoms with van der Waals surface area (Å²) in [6.07, 6.45) is 2.07. The zero-order valence-corrected chi connectivity index (χ0v) is 13.5. The molecule has 1 saturated heterocycles. The first-order valence-electron chi connectivity index (χ1n) is 7.05. The van der Waals surface area contributed by atoms with Crippen molar-refractivity contribution in [3.63, 3.8) is 0 Å². The number of hydrogen-bond donors (Lipinski definition) is 2. The fourth-order valence-corrected chi connectivity index (χ4v) is 2.83. The molecule has 3 rings (SSSR count). The highest BCUT2D eigenvalue weighted by molar-refractivity contribution is 5.85. The van der Waals surface area contributed by atoms with Crippen LogP contribution in [-0.2, 0) is 4.79 Å². The molecule has 1 saturated carbocycles. The van der Waals surface area contributed by atoms with E-state index < -0.39 is 0 Å². The van der Waals surface area contributed by atoms with Gasteiger partial charge in [0.1, 0.15) is 0 Å². The van der Waals surface area contributed by atoms with Crippen LogP contribution in [0.3, 0.4) is 0 Å². The first kappa shape index (κ1) is 18.2. The first-order valence-corrected chi connectivity index (χ1v) is 7.05. The van der Waals surface area contributed by atoms with Crippen LogP contribution in [0.4, 0.5) is 0 Å². The van der Waals surface area contributed by atoms with E-state index in [1.807, 2.05) is 11.0 Å². The van der Waals surface area contributed by atoms with Crippen LogP contribution in [0.1, 0.15) is 24.3 Å². The third kappa shape index (κ3) is 4.58. The Kier molecular flexibility index (Phi) is 6.94. The lowest BCUT2D eigenvalue weighted by Crippen LogP contribution is -2.39. The number of carbonyl (C=O) groups is 1. The van der Waals surface area contributed by atoms with Crippen molar-refractivity contribution in [3.8, 4) is 0 Å². The number of halogens is 2. The molecule has 3 atom stereocenters. The van der Waals surface area contributed by atoms with Crippen LogP contribution < -0.4 is 11.1 Å². The van der Waals surface area contributed by atoms with Crippen LogP contribution in [0.5, 0.6) is 0 Å². The number of nitrogens with two attached hydrogens (primary N) is 1. The minimum Gasteiger partial charge on any atom is -0.340 e. The summed E-state index contributed by atoms with van der Waals surface area (Å²) < 4.78 is 0. The normalized spacial score (nSPS) is 26.7. The molecule has 1 aliphatic carbocycles. The summed E-state index contributed by atoms with van der Waals surface area (Å²) in [7, 11) is 0. The number of amides is 1. The molecular formula is C15H23Cl2N3O. The maximum absolute atomic E-state index is 12.0. The SMILES string of the molecule is Cl.Cl.N[C@H]1CCN(C(=O)CN[C@H]2CC2c2ccccc2)C1. The highest BCUT2D eigenvalue weighted by Crippen LogP contribution is 2.40. The fraction of sp³-hybridized carbons (Fsp3) is 0.533. The second-order valence-electron chi connectivity index (χ2n) is 5.63. The second-order valence-corrected chi connectivity index (χ2v) is 5.63. The van der Waals surface area contributed by atoms with Crippen LogP contribution in [-0.4, -0.2) is 42.5 Å². The van der Waals surface area contributed by atoms with E-state index in [0.717, 1.165) is 19.4 Å². The molecule has 0 bridgehead atoms. The molecule has 3 N–H and O–H groups in total. The molecule has 2 fully saturated rings. The average molecular weight is 332 g/mol. The smallest absolute Gasteiger partial charge is 0.236 e. The monoisotopic (exact) mass is 331 g/mol. The Hall–Kier alpha value is -0.810. The molecule has 1 aromatic carbocycles. The summed E-state index contributed by atoms with van der Waals surface area (Å²) in [5, 5.41) is 3.36. The molecule has 1 heterocycles. The summed E-state index contributed by atoms with van der Waals surface area (Å²) in [6.45, 7) is 1.97. The van der Waals surface area contributed by atoms with E-state index in [2.05, 4.69) is 29.6 Å². The van der Waals surface area contributed by atoms with E-state index >= 15 is 0 Å². The van der Waals surface area contributed by atoms with Crippen molar-refractivity contribution in [2.24, 2.45) is 5.73 Å². The molecule has 1 unspecified atom stereocenters. The van der Waals surface area contributed by atoms with E-state index in [0.29, 0.717) is 25.0 Å². The van der Waals surface area contributed by atoms with Crippen LogP contribution in [0, 0.1) is 0 Å². The van der Waals surface area contributed by atoms with Crippen molar-refractivity contribution in [2.45, 2.75) is 30.8 Å². The van der Waals surface area contributed by atoms with Crippen molar-refractivity contribution in [1.82, 2.24) is 10.2 Å². The number of hydrogen-bond acceptors (Lipinski definition) is 3. The number of likely N-dealkylation sites (tertiary alicyclic amines) is 1. The van der Waals surface area contributed by atoms with Crippen LogP contribution in [0.15, 0.2) is 30.3 Å². The Morgan fingerprint density at radius 3 is 2.62 bits per heavy atom. The van der Waals surface area contributed by atoms with Gasteiger partial charge in [0.2, 0.25) is 5.91 Å². The lowest BCUT2D eigenvalue weighted by atomic mass is 10.1. The number of carbonyl (C=O) groups excluding carboxylic acids is 1. The van der Waals surface area contributed by atoms with Gasteiger partial charge in [0.15, 0.2) is 0 Å². The van der Waals surface area contributed by atoms with Gasteiger partial charge >= 0.3 is 0 Å². The van der Waals surface area contributed by atoms with E-state index in [-0.39, 0.29) is 36.8 Å². The fourth-order valence-electron chi connectivity index (χ4n) is 2.83. The van der Waals surface area contributed by atoms with Gasteiger partial charge in [-0.2, -0.15) is 0 Å². The Labute approximate surface area is 138 Å². The Morgan fingerprint density at radius 1 is 1.29 bits per heavy atom. The van der Waals surface area contributed by atoms with Crippen molar-refractivity contribution in [2.75, 3.05) is 19.6 Å². The maximum atomic E-state index is 12.0. The zero-order chi connectivity index (χ0) is 13.2. The van der Waals surface area contributed by atoms with Gasteiger partial charge < -0.3 is 16.0 Å². The molecule has 0 aromatic heterocycles. The minimum absolute atomic E-state index is 0. The highest BCUT2D eigenvalue weighted by atomic mass is 35.5. The lowest BCUT2D eigenvalue weighted by molar-refractivity contribution is -0.129. The topological polar surface area (TPSA) is 58.4 Å². The summed E-state index contributed by atoms with van der Waals surface area (Å²) in [5.41, 5.74) is 7.19. The third-order valence-electron chi connectivity index (χ3n) is 4.11. The number of nitrogens with zero attached hydrogens (tertiary/aromatic N) is 1. The third-order valence-corrected chi connectivity index (χ3v) is 4.11. The second kappa shape index (κ2) is 7.99. The minimum atomic E-state index is 0. The van der Waals surface area contributed by atoms with Gasteiger partial charge in [-0.3, -0.25) is 4.79 Å². The Morgan fingerprint density at radius 2 is 2.00 bits per heavy atom. The summed E-state index contributed by atoms with van der Waals surface area (Å²) in [5.74, 6) is 0.765. The predicted octanol–water partition coefficient (Wildman–Crippen LogP) is 1.54. The zero-order valence-electron chi connectivity index (χ0n) is 11.9. The molecule has 0 radical (unpaired) electrons. The lowest BCUT2D eigenvalue weighted by Gasteiger charge is -2.16. The van der Waals surface area contributed by atoms with Gasteiger partial charge in [0.05, 0.1) is 6.54 Å². The largest absolute Gasteiger partial charge is 0.340 e. The summed E-state index contributed by atoms with van der Waals surface area (Å²) in [4.78, 5) is 13.8. The van der Waals surface area contributed by atoms with Crippen molar-refractivity contribution >= 4 is 30.7 Å². The molecule has 1 aromatic rings. The quantitative estimate of drug-likeness (QED) is 0.879. The number of rotatable bonds is 4. The first-order chi connectivity index (χ1) is 9.24. The van der Waals surface area contributed by atoms with E-state index in [1.165, 1.54) is 5.56 Å². The van der Waals surface area contributed by atoms with Crippen molar-refractivity contribution < 1.29 is 4.79 Å². The van der Waals surface area contributed by atoms with Crippen LogP contribution in [0.25, 0.3) is 0 Å². The standard InChI is InChI=1S/C15H21N3O.2ClH/c16-12-6-7-18(10-12)15(19)9-17-14-8-13(14)11-4-2-1-3-5-11;;/h1-5,12-14,17H,6-10,16H2;2*1H/t12-,13?,14-;;/m0../s1. The number of nitrogens with one attached hydrogen (secondary N) is 1. The molecule has 21 heavy (non-hydrogen) atoms. The van der Waals surface area contributed by atoms with E-state index in [1.54, 1.807) is 0 Å². The van der Waals surface area contributed by atoms with E-state index in [4.69, 9.17) is 5.73 Å². The molecule has 4 nitrogen and oxygen atoms in total. The van der Waals surface area contributed by atoms with Gasteiger partial charge in [0, 0.05) is 31.1 Å². The molecule has 0 spiro atoms. The molecule has 1 amide bonds. The molecular weight excluding hydrogens is 309 g/mol. The van der Waals surface area contributed by atoms with Crippen LogP contribution in [0.2, 0.25) is 0 Å². The van der Waals surface area contributed by atoms with Gasteiger partial charge in [0.25, 0.3) is 0 Å². The van der Waals surface area contributed by atoms with Gasteiger partial charge in [-0.15, -0.1) is 24.8 Å². The van der Waals surface area contributed by atoms with Crippen LogP contribution >= 0.6 is 24.8 Å². The van der Waals surface area contributed by atoms with Crippen molar-refractivity contribution in [3.05, 3.63) is 35.9 Å². The predicted molar refractivity (Wildman–Crippen MR) is 89.3 cm³/mol.